The average Bonchev–Trinajstić information content (AvgIpc) is 2.91. The number of sulfonamides is 1. The fourth-order valence-corrected chi connectivity index (χ4v) is 6.35. The Hall–Kier alpha value is -3.67. The Bertz CT molecular complexity index is 1400. The molecule has 3 aromatic carbocycles. The maximum absolute atomic E-state index is 13.4. The number of carbonyl (C=O) groups excluding carboxylic acids is 1. The second kappa shape index (κ2) is 14.1. The zero-order valence-corrected chi connectivity index (χ0v) is 23.6. The maximum Gasteiger partial charge on any atom is 0.405 e. The van der Waals surface area contributed by atoms with Gasteiger partial charge in [0.15, 0.2) is 0 Å². The zero-order chi connectivity index (χ0) is 29.3. The summed E-state index contributed by atoms with van der Waals surface area (Å²) in [4.78, 5) is 24.4. The summed E-state index contributed by atoms with van der Waals surface area (Å²) >= 11 is 0. The van der Waals surface area contributed by atoms with Crippen LogP contribution in [0, 0.1) is 5.92 Å². The van der Waals surface area contributed by atoms with Crippen molar-refractivity contribution in [2.45, 2.75) is 50.1 Å². The fraction of sp³-hybridized carbons (Fsp3) is 0.379. The molecule has 40 heavy (non-hydrogen) atoms. The van der Waals surface area contributed by atoms with Gasteiger partial charge in [-0.05, 0) is 59.4 Å². The number of aliphatic hydroxyl groups is 1. The third-order valence-electron chi connectivity index (χ3n) is 6.53. The number of anilines is 1. The summed E-state index contributed by atoms with van der Waals surface area (Å²) < 4.78 is 28.1. The van der Waals surface area contributed by atoms with Crippen LogP contribution in [-0.4, -0.2) is 66.7 Å². The lowest BCUT2D eigenvalue weighted by Gasteiger charge is -2.31. The molecule has 2 amide bonds. The lowest BCUT2D eigenvalue weighted by molar-refractivity contribution is -0.123. The average molecular weight is 571 g/mol. The van der Waals surface area contributed by atoms with Crippen LogP contribution >= 0.6 is 0 Å². The van der Waals surface area contributed by atoms with Crippen LogP contribution in [0.1, 0.15) is 32.3 Å². The van der Waals surface area contributed by atoms with E-state index in [0.29, 0.717) is 18.5 Å². The van der Waals surface area contributed by atoms with Gasteiger partial charge in [-0.2, -0.15) is 4.31 Å². The second-order valence-electron chi connectivity index (χ2n) is 10.2. The van der Waals surface area contributed by atoms with Crippen LogP contribution < -0.4 is 16.4 Å². The first-order chi connectivity index (χ1) is 19.0. The number of rotatable bonds is 14. The van der Waals surface area contributed by atoms with Gasteiger partial charge in [0.1, 0.15) is 6.04 Å². The number of nitrogen functional groups attached to an aromatic ring is 1. The Balaban J connectivity index is 1.64. The first kappa shape index (κ1) is 30.9. The van der Waals surface area contributed by atoms with E-state index >= 15 is 0 Å². The summed E-state index contributed by atoms with van der Waals surface area (Å²) in [5, 5.41) is 26.5. The van der Waals surface area contributed by atoms with E-state index in [1.165, 1.54) is 28.6 Å². The summed E-state index contributed by atoms with van der Waals surface area (Å²) in [6.45, 7) is 3.79. The molecule has 3 aromatic rings. The van der Waals surface area contributed by atoms with Crippen LogP contribution in [0.3, 0.4) is 0 Å². The van der Waals surface area contributed by atoms with Crippen molar-refractivity contribution in [2.75, 3.05) is 25.4 Å². The SMILES string of the molecule is CC(C)CN(C(CO)CCCNC(=O)[C@H](Cc1ccc2ccccc2c1)NC(=O)O)S(=O)(=O)c1ccc(N)cc1. The van der Waals surface area contributed by atoms with Gasteiger partial charge in [0.05, 0.1) is 11.5 Å². The number of hydrogen-bond donors (Lipinski definition) is 5. The first-order valence-electron chi connectivity index (χ1n) is 13.2. The minimum absolute atomic E-state index is 0.00951. The van der Waals surface area contributed by atoms with E-state index in [2.05, 4.69) is 10.6 Å². The maximum atomic E-state index is 13.4. The molecule has 0 fully saturated rings. The van der Waals surface area contributed by atoms with Crippen molar-refractivity contribution >= 4 is 38.5 Å². The number of nitrogens with two attached hydrogens (primary N) is 1. The molecule has 2 atom stereocenters. The minimum atomic E-state index is -3.90. The third kappa shape index (κ3) is 8.41. The summed E-state index contributed by atoms with van der Waals surface area (Å²) in [6, 6.07) is 17.7. The van der Waals surface area contributed by atoms with Crippen molar-refractivity contribution in [2.24, 2.45) is 5.92 Å². The van der Waals surface area contributed by atoms with E-state index in [0.717, 1.165) is 16.3 Å². The lowest BCUT2D eigenvalue weighted by atomic mass is 10.0. The molecule has 0 aromatic heterocycles. The Kier molecular flexibility index (Phi) is 10.9. The largest absolute Gasteiger partial charge is 0.465 e. The predicted molar refractivity (Wildman–Crippen MR) is 155 cm³/mol. The Morgan fingerprint density at radius 2 is 1.68 bits per heavy atom. The molecule has 10 nitrogen and oxygen atoms in total. The highest BCUT2D eigenvalue weighted by atomic mass is 32.2. The number of nitrogens with one attached hydrogen (secondary N) is 2. The summed E-state index contributed by atoms with van der Waals surface area (Å²) in [5.41, 5.74) is 6.97. The number of amides is 2. The summed E-state index contributed by atoms with van der Waals surface area (Å²) in [5.74, 6) is -0.472. The highest BCUT2D eigenvalue weighted by molar-refractivity contribution is 7.89. The quantitative estimate of drug-likeness (QED) is 0.147. The molecular weight excluding hydrogens is 532 g/mol. The van der Waals surface area contributed by atoms with Crippen molar-refractivity contribution in [3.63, 3.8) is 0 Å². The molecule has 0 heterocycles. The molecule has 0 spiro atoms. The van der Waals surface area contributed by atoms with Crippen LogP contribution in [0.5, 0.6) is 0 Å². The van der Waals surface area contributed by atoms with Crippen LogP contribution in [0.15, 0.2) is 71.6 Å². The molecule has 1 unspecified atom stereocenters. The molecule has 0 radical (unpaired) electrons. The van der Waals surface area contributed by atoms with E-state index in [1.54, 1.807) is 0 Å². The molecule has 216 valence electrons. The molecule has 6 N–H and O–H groups in total. The Morgan fingerprint density at radius 3 is 2.30 bits per heavy atom. The predicted octanol–water partition coefficient (Wildman–Crippen LogP) is 3.20. The Labute approximate surface area is 235 Å². The summed E-state index contributed by atoms with van der Waals surface area (Å²) in [6.07, 6.45) is -0.471. The lowest BCUT2D eigenvalue weighted by Crippen LogP contribution is -2.48. The van der Waals surface area contributed by atoms with Gasteiger partial charge < -0.3 is 26.6 Å². The van der Waals surface area contributed by atoms with Gasteiger partial charge in [-0.1, -0.05) is 56.3 Å². The third-order valence-corrected chi connectivity index (χ3v) is 8.46. The molecule has 0 saturated heterocycles. The van der Waals surface area contributed by atoms with E-state index in [9.17, 15) is 28.2 Å². The van der Waals surface area contributed by atoms with Crippen molar-refractivity contribution in [1.29, 1.82) is 0 Å². The van der Waals surface area contributed by atoms with Gasteiger partial charge in [-0.25, -0.2) is 13.2 Å². The molecular formula is C29H38N4O6S. The second-order valence-corrected chi connectivity index (χ2v) is 12.1. The van der Waals surface area contributed by atoms with Crippen LogP contribution in [0.4, 0.5) is 10.5 Å². The molecule has 0 aliphatic rings. The van der Waals surface area contributed by atoms with Crippen LogP contribution in [0.2, 0.25) is 0 Å². The molecule has 3 rings (SSSR count). The highest BCUT2D eigenvalue weighted by Crippen LogP contribution is 2.23. The van der Waals surface area contributed by atoms with Crippen molar-refractivity contribution in [3.05, 3.63) is 72.3 Å². The standard InChI is InChI=1S/C29H38N4O6S/c1-20(2)18-33(40(38,39)26-13-11-24(30)12-14-26)25(19-34)8-5-15-31-28(35)27(32-29(36)37)17-21-9-10-22-6-3-4-7-23(22)16-21/h3-4,6-7,9-14,16,20,25,27,32,34H,5,8,15,17-19,30H2,1-2H3,(H,31,35)(H,36,37)/t25?,27-/m0/s1. The van der Waals surface area contributed by atoms with E-state index in [4.69, 9.17) is 5.73 Å². The monoisotopic (exact) mass is 570 g/mol. The normalized spacial score (nSPS) is 13.3. The number of carboxylic acid groups (broad SMARTS) is 1. The molecule has 11 heteroatoms. The minimum Gasteiger partial charge on any atom is -0.465 e. The van der Waals surface area contributed by atoms with Gasteiger partial charge in [0.2, 0.25) is 15.9 Å². The first-order valence-corrected chi connectivity index (χ1v) is 14.7. The number of hydrogen-bond acceptors (Lipinski definition) is 6. The number of benzene rings is 3. The fourth-order valence-electron chi connectivity index (χ4n) is 4.54. The van der Waals surface area contributed by atoms with Crippen LogP contribution in [-0.2, 0) is 21.2 Å². The molecule has 0 bridgehead atoms. The van der Waals surface area contributed by atoms with E-state index in [-0.39, 0.29) is 36.9 Å². The van der Waals surface area contributed by atoms with Gasteiger partial charge in [-0.15, -0.1) is 0 Å². The number of fused-ring (bicyclic) bond motifs is 1. The van der Waals surface area contributed by atoms with Gasteiger partial charge in [0.25, 0.3) is 0 Å². The van der Waals surface area contributed by atoms with Gasteiger partial charge in [0, 0.05) is 31.2 Å². The number of aliphatic hydroxyl groups excluding tert-OH is 1. The topological polar surface area (TPSA) is 162 Å². The van der Waals surface area contributed by atoms with Gasteiger partial charge in [-0.3, -0.25) is 4.79 Å². The highest BCUT2D eigenvalue weighted by Gasteiger charge is 2.31. The van der Waals surface area contributed by atoms with Crippen molar-refractivity contribution in [1.82, 2.24) is 14.9 Å². The summed E-state index contributed by atoms with van der Waals surface area (Å²) in [7, 11) is -3.90. The number of nitrogens with zero attached hydrogens (tertiary/aromatic N) is 1. The van der Waals surface area contributed by atoms with Crippen molar-refractivity contribution < 1.29 is 28.2 Å². The number of carbonyl (C=O) groups is 2. The smallest absolute Gasteiger partial charge is 0.405 e. The molecule has 0 saturated carbocycles. The molecule has 0 aliphatic carbocycles. The van der Waals surface area contributed by atoms with E-state index < -0.39 is 34.1 Å². The van der Waals surface area contributed by atoms with Crippen LogP contribution in [0.25, 0.3) is 10.8 Å². The Morgan fingerprint density at radius 1 is 1.00 bits per heavy atom. The van der Waals surface area contributed by atoms with Gasteiger partial charge >= 0.3 is 6.09 Å². The van der Waals surface area contributed by atoms with E-state index in [1.807, 2.05) is 56.3 Å². The van der Waals surface area contributed by atoms with Crippen molar-refractivity contribution in [3.8, 4) is 0 Å². The zero-order valence-electron chi connectivity index (χ0n) is 22.8. The molecule has 0 aliphatic heterocycles.